The summed E-state index contributed by atoms with van der Waals surface area (Å²) in [6.07, 6.45) is 2.39. The minimum absolute atomic E-state index is 0.0676. The quantitative estimate of drug-likeness (QED) is 0.327. The van der Waals surface area contributed by atoms with Crippen LogP contribution < -0.4 is 15.2 Å². The van der Waals surface area contributed by atoms with Crippen molar-refractivity contribution < 1.29 is 19.0 Å². The van der Waals surface area contributed by atoms with Crippen molar-refractivity contribution in [1.82, 2.24) is 9.58 Å². The van der Waals surface area contributed by atoms with Gasteiger partial charge in [0, 0.05) is 42.3 Å². The highest BCUT2D eigenvalue weighted by molar-refractivity contribution is 7.98. The average molecular weight is 594 g/mol. The van der Waals surface area contributed by atoms with E-state index in [-0.39, 0.29) is 41.6 Å². The number of thioether (sulfide) groups is 1. The number of hydrogen-bond donors (Lipinski definition) is 0. The zero-order valence-corrected chi connectivity index (χ0v) is 24.4. The van der Waals surface area contributed by atoms with Gasteiger partial charge in [-0.25, -0.2) is 0 Å². The highest BCUT2D eigenvalue weighted by atomic mass is 32.2. The summed E-state index contributed by atoms with van der Waals surface area (Å²) in [5.74, 6) is -0.0670. The standard InChI is InChI=1S/C34H31N3O5S/c38-27-14-16-36-31(32(27)40-21-23-8-2-1-3-9-23)33(39)35-17-15-34(41-18-19-42-34)20-29(35)37(36)30-25-11-5-4-10-24(25)22-43-28-13-7-6-12-26(28)30/h1-14,16,29-30H,15,17-22H2/t29-,30+/m1/s1. The highest BCUT2D eigenvalue weighted by Gasteiger charge is 2.53. The third-order valence-electron chi connectivity index (χ3n) is 8.89. The number of carbonyl (C=O) groups excluding carboxylic acids is 1. The predicted molar refractivity (Wildman–Crippen MR) is 163 cm³/mol. The van der Waals surface area contributed by atoms with Crippen molar-refractivity contribution in [2.75, 3.05) is 24.8 Å². The lowest BCUT2D eigenvalue weighted by Gasteiger charge is -2.54. The largest absolute Gasteiger partial charge is 0.482 e. The fourth-order valence-electron chi connectivity index (χ4n) is 6.88. The molecule has 4 aromatic rings. The van der Waals surface area contributed by atoms with Gasteiger partial charge in [0.25, 0.3) is 5.91 Å². The zero-order valence-electron chi connectivity index (χ0n) is 23.6. The Kier molecular flexibility index (Phi) is 6.54. The number of pyridine rings is 1. The van der Waals surface area contributed by atoms with E-state index in [2.05, 4.69) is 53.5 Å². The summed E-state index contributed by atoms with van der Waals surface area (Å²) >= 11 is 1.82. The molecule has 0 radical (unpaired) electrons. The second-order valence-corrected chi connectivity index (χ2v) is 12.3. The van der Waals surface area contributed by atoms with Gasteiger partial charge in [-0.2, -0.15) is 0 Å². The first kappa shape index (κ1) is 26.6. The normalized spacial score (nSPS) is 21.9. The molecule has 2 fully saturated rings. The molecule has 8 rings (SSSR count). The molecule has 8 nitrogen and oxygen atoms in total. The van der Waals surface area contributed by atoms with Crippen LogP contribution >= 0.6 is 11.8 Å². The molecule has 218 valence electrons. The Hall–Kier alpha value is -4.05. The molecule has 1 amide bonds. The van der Waals surface area contributed by atoms with Crippen LogP contribution in [0.4, 0.5) is 0 Å². The number of fused-ring (bicyclic) bond motifs is 4. The SMILES string of the molecule is O=C1c2c(OCc3ccccc3)c(=O)ccn2N([C@H]2c3ccccc3CSc3ccccc32)[C@@H]2CC3(CCN12)OCCO3. The Morgan fingerprint density at radius 2 is 1.63 bits per heavy atom. The van der Waals surface area contributed by atoms with Gasteiger partial charge in [0.05, 0.1) is 19.3 Å². The fourth-order valence-corrected chi connectivity index (χ4v) is 7.98. The van der Waals surface area contributed by atoms with Gasteiger partial charge in [0.15, 0.2) is 17.2 Å². The summed E-state index contributed by atoms with van der Waals surface area (Å²) in [5.41, 5.74) is 4.40. The maximum Gasteiger partial charge on any atom is 0.278 e. The van der Waals surface area contributed by atoms with Crippen molar-refractivity contribution in [2.45, 2.75) is 48.1 Å². The topological polar surface area (TPSA) is 73.2 Å². The molecular formula is C34H31N3O5S. The first-order valence-corrected chi connectivity index (χ1v) is 15.7. The van der Waals surface area contributed by atoms with Crippen molar-refractivity contribution in [1.29, 1.82) is 0 Å². The molecule has 2 atom stereocenters. The van der Waals surface area contributed by atoms with Crippen LogP contribution in [-0.4, -0.2) is 47.2 Å². The number of piperidine rings is 1. The van der Waals surface area contributed by atoms with Crippen LogP contribution in [0.25, 0.3) is 0 Å². The summed E-state index contributed by atoms with van der Waals surface area (Å²) in [7, 11) is 0. The number of ether oxygens (including phenoxy) is 3. The Balaban J connectivity index is 1.34. The van der Waals surface area contributed by atoms with Crippen molar-refractivity contribution in [3.05, 3.63) is 129 Å². The second kappa shape index (κ2) is 10.6. The molecule has 0 unspecified atom stereocenters. The minimum Gasteiger partial charge on any atom is -0.482 e. The van der Waals surface area contributed by atoms with Crippen molar-refractivity contribution in [3.63, 3.8) is 0 Å². The van der Waals surface area contributed by atoms with Gasteiger partial charge in [-0.15, -0.1) is 11.8 Å². The number of aromatic nitrogens is 1. The molecule has 43 heavy (non-hydrogen) atoms. The molecule has 1 spiro atoms. The maximum absolute atomic E-state index is 14.4. The molecule has 0 N–H and O–H groups in total. The van der Waals surface area contributed by atoms with Crippen LogP contribution in [-0.2, 0) is 21.8 Å². The first-order valence-electron chi connectivity index (χ1n) is 14.7. The first-order chi connectivity index (χ1) is 21.1. The average Bonchev–Trinajstić information content (AvgIpc) is 3.42. The Morgan fingerprint density at radius 1 is 0.884 bits per heavy atom. The molecule has 1 aromatic heterocycles. The van der Waals surface area contributed by atoms with Crippen LogP contribution in [0.5, 0.6) is 5.75 Å². The molecular weight excluding hydrogens is 562 g/mol. The molecule has 0 bridgehead atoms. The summed E-state index contributed by atoms with van der Waals surface area (Å²) in [4.78, 5) is 30.9. The van der Waals surface area contributed by atoms with E-state index in [0.717, 1.165) is 16.9 Å². The number of carbonyl (C=O) groups is 1. The second-order valence-electron chi connectivity index (χ2n) is 11.3. The van der Waals surface area contributed by atoms with E-state index < -0.39 is 5.79 Å². The summed E-state index contributed by atoms with van der Waals surface area (Å²) in [6.45, 7) is 1.69. The van der Waals surface area contributed by atoms with Gasteiger partial charge in [0.2, 0.25) is 5.43 Å². The fraction of sp³-hybridized carbons (Fsp3) is 0.294. The van der Waals surface area contributed by atoms with Crippen LogP contribution in [0.3, 0.4) is 0 Å². The molecule has 4 aliphatic rings. The Morgan fingerprint density at radius 3 is 2.47 bits per heavy atom. The van der Waals surface area contributed by atoms with Gasteiger partial charge in [-0.3, -0.25) is 19.3 Å². The van der Waals surface area contributed by atoms with Gasteiger partial charge in [-0.1, -0.05) is 72.8 Å². The molecule has 4 aliphatic heterocycles. The third-order valence-corrected chi connectivity index (χ3v) is 10.0. The Bertz CT molecular complexity index is 1710. The number of benzene rings is 3. The third kappa shape index (κ3) is 4.45. The minimum atomic E-state index is -0.749. The van der Waals surface area contributed by atoms with E-state index in [0.29, 0.717) is 32.6 Å². The van der Waals surface area contributed by atoms with E-state index in [1.54, 1.807) is 6.20 Å². The van der Waals surface area contributed by atoms with Crippen molar-refractivity contribution in [3.8, 4) is 5.75 Å². The molecule has 3 aromatic carbocycles. The molecule has 5 heterocycles. The zero-order chi connectivity index (χ0) is 29.0. The van der Waals surface area contributed by atoms with Crippen LogP contribution in [0.1, 0.15) is 51.6 Å². The van der Waals surface area contributed by atoms with Gasteiger partial charge in [0.1, 0.15) is 12.8 Å². The maximum atomic E-state index is 14.4. The molecule has 9 heteroatoms. The van der Waals surface area contributed by atoms with Gasteiger partial charge in [-0.05, 0) is 28.3 Å². The molecule has 2 saturated heterocycles. The number of hydrogen-bond acceptors (Lipinski definition) is 7. The van der Waals surface area contributed by atoms with E-state index in [9.17, 15) is 9.59 Å². The highest BCUT2D eigenvalue weighted by Crippen LogP contribution is 2.47. The van der Waals surface area contributed by atoms with Crippen molar-refractivity contribution >= 4 is 17.7 Å². The lowest BCUT2D eigenvalue weighted by molar-refractivity contribution is -0.195. The Labute approximate surface area is 253 Å². The van der Waals surface area contributed by atoms with Gasteiger partial charge < -0.3 is 19.1 Å². The summed E-state index contributed by atoms with van der Waals surface area (Å²) in [6, 6.07) is 27.9. The molecule has 0 saturated carbocycles. The summed E-state index contributed by atoms with van der Waals surface area (Å²) < 4.78 is 20.5. The number of amides is 1. The van der Waals surface area contributed by atoms with Crippen LogP contribution in [0.2, 0.25) is 0 Å². The van der Waals surface area contributed by atoms with E-state index >= 15 is 0 Å². The van der Waals surface area contributed by atoms with Crippen molar-refractivity contribution in [2.24, 2.45) is 0 Å². The number of nitrogens with zero attached hydrogens (tertiary/aromatic N) is 3. The van der Waals surface area contributed by atoms with E-state index in [4.69, 9.17) is 14.2 Å². The number of rotatable bonds is 4. The molecule has 0 aliphatic carbocycles. The van der Waals surface area contributed by atoms with E-state index in [1.165, 1.54) is 22.1 Å². The van der Waals surface area contributed by atoms with E-state index in [1.807, 2.05) is 51.7 Å². The smallest absolute Gasteiger partial charge is 0.278 e. The monoisotopic (exact) mass is 593 g/mol. The van der Waals surface area contributed by atoms with Gasteiger partial charge >= 0.3 is 0 Å². The lowest BCUT2D eigenvalue weighted by atomic mass is 9.91. The lowest BCUT2D eigenvalue weighted by Crippen LogP contribution is -2.67. The predicted octanol–water partition coefficient (Wildman–Crippen LogP) is 5.08. The van der Waals surface area contributed by atoms with Crippen LogP contribution in [0.15, 0.2) is 101 Å². The summed E-state index contributed by atoms with van der Waals surface area (Å²) in [5, 5.41) is 2.25. The van der Waals surface area contributed by atoms with Crippen LogP contribution in [0, 0.1) is 0 Å².